The van der Waals surface area contributed by atoms with Gasteiger partial charge in [-0.25, -0.2) is 0 Å². The van der Waals surface area contributed by atoms with Gasteiger partial charge in [-0.2, -0.15) is 0 Å². The van der Waals surface area contributed by atoms with Gasteiger partial charge in [0.05, 0.1) is 16.4 Å². The minimum Gasteiger partial charge on any atom is -0.293 e. The highest BCUT2D eigenvalue weighted by atomic mass is 35.5. The third-order valence-electron chi connectivity index (χ3n) is 2.53. The van der Waals surface area contributed by atoms with Gasteiger partial charge in [-0.1, -0.05) is 23.7 Å². The Bertz CT molecular complexity index is 629. The standard InChI is InChI=1S/C13H9ClN2O3/c14-10-5-3-6-11(16(18)19)13(10)12(17)8-9-4-1-2-7-15-9/h1-7H,8H2. The largest absolute Gasteiger partial charge is 0.293 e. The molecule has 0 saturated heterocycles. The number of nitro benzene ring substituents is 1. The smallest absolute Gasteiger partial charge is 0.281 e. The highest BCUT2D eigenvalue weighted by Crippen LogP contribution is 2.27. The number of halogens is 1. The Labute approximate surface area is 114 Å². The maximum absolute atomic E-state index is 12.1. The summed E-state index contributed by atoms with van der Waals surface area (Å²) in [5.74, 6) is -0.420. The second kappa shape index (κ2) is 5.58. The molecule has 0 aliphatic heterocycles. The lowest BCUT2D eigenvalue weighted by atomic mass is 10.0. The Hall–Kier alpha value is -2.27. The van der Waals surface area contributed by atoms with Crippen molar-refractivity contribution in [2.75, 3.05) is 0 Å². The average Bonchev–Trinajstić information content (AvgIpc) is 2.39. The lowest BCUT2D eigenvalue weighted by Crippen LogP contribution is -2.08. The number of nitro groups is 1. The molecule has 0 saturated carbocycles. The van der Waals surface area contributed by atoms with E-state index in [9.17, 15) is 14.9 Å². The quantitative estimate of drug-likeness (QED) is 0.489. The number of pyridine rings is 1. The van der Waals surface area contributed by atoms with E-state index in [1.165, 1.54) is 18.2 Å². The fraction of sp³-hybridized carbons (Fsp3) is 0.0769. The molecule has 96 valence electrons. The average molecular weight is 277 g/mol. The summed E-state index contributed by atoms with van der Waals surface area (Å²) < 4.78 is 0. The molecule has 19 heavy (non-hydrogen) atoms. The highest BCUT2D eigenvalue weighted by Gasteiger charge is 2.23. The molecule has 1 heterocycles. The van der Waals surface area contributed by atoms with Crippen LogP contribution in [0.1, 0.15) is 16.1 Å². The van der Waals surface area contributed by atoms with Gasteiger partial charge in [-0.05, 0) is 18.2 Å². The monoisotopic (exact) mass is 276 g/mol. The van der Waals surface area contributed by atoms with E-state index in [2.05, 4.69) is 4.98 Å². The lowest BCUT2D eigenvalue weighted by molar-refractivity contribution is -0.385. The van der Waals surface area contributed by atoms with E-state index < -0.39 is 10.7 Å². The van der Waals surface area contributed by atoms with Gasteiger partial charge in [0.15, 0.2) is 5.78 Å². The predicted octanol–water partition coefficient (Wildman–Crippen LogP) is 3.07. The molecule has 0 N–H and O–H groups in total. The van der Waals surface area contributed by atoms with Gasteiger partial charge < -0.3 is 0 Å². The number of hydrogen-bond acceptors (Lipinski definition) is 4. The van der Waals surface area contributed by atoms with Crippen LogP contribution >= 0.6 is 11.6 Å². The predicted molar refractivity (Wildman–Crippen MR) is 70.4 cm³/mol. The maximum atomic E-state index is 12.1. The Balaban J connectivity index is 2.36. The van der Waals surface area contributed by atoms with Crippen LogP contribution in [0.2, 0.25) is 5.02 Å². The molecule has 0 fully saturated rings. The second-order valence-corrected chi connectivity index (χ2v) is 4.22. The molecule has 0 aliphatic carbocycles. The number of Topliss-reactive ketones (excluding diaryl/α,β-unsaturated/α-hetero) is 1. The van der Waals surface area contributed by atoms with Crippen molar-refractivity contribution >= 4 is 23.1 Å². The first-order valence-corrected chi connectivity index (χ1v) is 5.83. The summed E-state index contributed by atoms with van der Waals surface area (Å²) >= 11 is 5.89. The third-order valence-corrected chi connectivity index (χ3v) is 2.85. The minimum absolute atomic E-state index is 0.0224. The summed E-state index contributed by atoms with van der Waals surface area (Å²) in [4.78, 5) is 26.4. The zero-order valence-electron chi connectivity index (χ0n) is 9.75. The van der Waals surface area contributed by atoms with E-state index in [1.54, 1.807) is 24.4 Å². The number of carbonyl (C=O) groups is 1. The Morgan fingerprint density at radius 2 is 2.05 bits per heavy atom. The summed E-state index contributed by atoms with van der Waals surface area (Å²) in [5.41, 5.74) is 0.190. The maximum Gasteiger partial charge on any atom is 0.281 e. The van der Waals surface area contributed by atoms with Crippen LogP contribution in [0.25, 0.3) is 0 Å². The topological polar surface area (TPSA) is 73.1 Å². The SMILES string of the molecule is O=C(Cc1ccccn1)c1c(Cl)cccc1[N+](=O)[O-]. The number of ketones is 1. The summed E-state index contributed by atoms with van der Waals surface area (Å²) in [7, 11) is 0. The molecule has 0 bridgehead atoms. The van der Waals surface area contributed by atoms with E-state index >= 15 is 0 Å². The molecule has 1 aromatic carbocycles. The molecule has 0 aliphatic rings. The normalized spacial score (nSPS) is 10.2. The van der Waals surface area contributed by atoms with Crippen LogP contribution in [0.15, 0.2) is 42.6 Å². The minimum atomic E-state index is -0.614. The summed E-state index contributed by atoms with van der Waals surface area (Å²) in [6.45, 7) is 0. The number of aromatic nitrogens is 1. The van der Waals surface area contributed by atoms with Crippen molar-refractivity contribution in [2.45, 2.75) is 6.42 Å². The first-order chi connectivity index (χ1) is 9.09. The van der Waals surface area contributed by atoms with Crippen LogP contribution in [0.4, 0.5) is 5.69 Å². The Morgan fingerprint density at radius 1 is 1.26 bits per heavy atom. The molecule has 1 aromatic heterocycles. The van der Waals surface area contributed by atoms with Crippen LogP contribution in [0.3, 0.4) is 0 Å². The van der Waals surface area contributed by atoms with Crippen molar-refractivity contribution in [3.05, 3.63) is 69.0 Å². The second-order valence-electron chi connectivity index (χ2n) is 3.81. The Kier molecular flexibility index (Phi) is 3.87. The summed E-state index contributed by atoms with van der Waals surface area (Å²) in [6, 6.07) is 9.32. The zero-order valence-corrected chi connectivity index (χ0v) is 10.5. The van der Waals surface area contributed by atoms with Crippen molar-refractivity contribution in [1.29, 1.82) is 0 Å². The van der Waals surface area contributed by atoms with E-state index in [4.69, 9.17) is 11.6 Å². The van der Waals surface area contributed by atoms with Crippen LogP contribution < -0.4 is 0 Å². The summed E-state index contributed by atoms with van der Waals surface area (Å²) in [6.07, 6.45) is 1.54. The molecule has 0 spiro atoms. The number of nitrogens with zero attached hydrogens (tertiary/aromatic N) is 2. The van der Waals surface area contributed by atoms with Crippen molar-refractivity contribution in [1.82, 2.24) is 4.98 Å². The molecule has 2 aromatic rings. The zero-order chi connectivity index (χ0) is 13.8. The molecule has 6 heteroatoms. The molecule has 0 radical (unpaired) electrons. The Morgan fingerprint density at radius 3 is 2.68 bits per heavy atom. The lowest BCUT2D eigenvalue weighted by Gasteiger charge is -2.04. The van der Waals surface area contributed by atoms with E-state index in [-0.39, 0.29) is 22.7 Å². The van der Waals surface area contributed by atoms with Crippen molar-refractivity contribution < 1.29 is 9.72 Å². The van der Waals surface area contributed by atoms with Gasteiger partial charge in [0.25, 0.3) is 5.69 Å². The van der Waals surface area contributed by atoms with E-state index in [0.29, 0.717) is 5.69 Å². The van der Waals surface area contributed by atoms with E-state index in [0.717, 1.165) is 0 Å². The van der Waals surface area contributed by atoms with Gasteiger partial charge >= 0.3 is 0 Å². The number of benzene rings is 1. The van der Waals surface area contributed by atoms with Crippen molar-refractivity contribution in [3.63, 3.8) is 0 Å². The van der Waals surface area contributed by atoms with E-state index in [1.807, 2.05) is 0 Å². The fourth-order valence-corrected chi connectivity index (χ4v) is 1.97. The first-order valence-electron chi connectivity index (χ1n) is 5.45. The molecular formula is C13H9ClN2O3. The van der Waals surface area contributed by atoms with Gasteiger partial charge in [-0.3, -0.25) is 19.9 Å². The van der Waals surface area contributed by atoms with Crippen LogP contribution in [-0.2, 0) is 6.42 Å². The van der Waals surface area contributed by atoms with Crippen LogP contribution in [-0.4, -0.2) is 15.7 Å². The van der Waals surface area contributed by atoms with Crippen molar-refractivity contribution in [2.24, 2.45) is 0 Å². The molecule has 0 amide bonds. The fourth-order valence-electron chi connectivity index (χ4n) is 1.70. The van der Waals surface area contributed by atoms with Crippen molar-refractivity contribution in [3.8, 4) is 0 Å². The molecule has 5 nitrogen and oxygen atoms in total. The highest BCUT2D eigenvalue weighted by molar-refractivity contribution is 6.34. The van der Waals surface area contributed by atoms with Crippen LogP contribution in [0.5, 0.6) is 0 Å². The first kappa shape index (κ1) is 13.2. The molecule has 2 rings (SSSR count). The number of carbonyl (C=O) groups excluding carboxylic acids is 1. The number of hydrogen-bond donors (Lipinski definition) is 0. The van der Waals surface area contributed by atoms with Gasteiger partial charge in [0, 0.05) is 18.0 Å². The van der Waals surface area contributed by atoms with Gasteiger partial charge in [0.2, 0.25) is 0 Å². The third kappa shape index (κ3) is 2.95. The van der Waals surface area contributed by atoms with Gasteiger partial charge in [0.1, 0.15) is 5.56 Å². The molecular weight excluding hydrogens is 268 g/mol. The number of rotatable bonds is 4. The molecule has 0 atom stereocenters. The van der Waals surface area contributed by atoms with Crippen LogP contribution in [0, 0.1) is 10.1 Å². The van der Waals surface area contributed by atoms with Gasteiger partial charge in [-0.15, -0.1) is 0 Å². The molecule has 0 unspecified atom stereocenters. The summed E-state index contributed by atoms with van der Waals surface area (Å²) in [5, 5.41) is 11.0.